The lowest BCUT2D eigenvalue weighted by atomic mass is 9.61. The van der Waals surface area contributed by atoms with Crippen LogP contribution in [0.1, 0.15) is 5.56 Å². The molecule has 0 saturated carbocycles. The van der Waals surface area contributed by atoms with Gasteiger partial charge in [0.05, 0.1) is 30.2 Å². The first kappa shape index (κ1) is 17.2. The normalized spacial score (nSPS) is 17.1. The van der Waals surface area contributed by atoms with Crippen molar-refractivity contribution in [1.82, 2.24) is 0 Å². The summed E-state index contributed by atoms with van der Waals surface area (Å²) >= 11 is 0.864. The van der Waals surface area contributed by atoms with Crippen molar-refractivity contribution in [3.63, 3.8) is 0 Å². The van der Waals surface area contributed by atoms with E-state index in [4.69, 9.17) is 30.9 Å². The number of ether oxygens (including phenoxy) is 2. The molecule has 4 N–H and O–H groups in total. The fourth-order valence-corrected chi connectivity index (χ4v) is 2.15. The van der Waals surface area contributed by atoms with Crippen LogP contribution >= 0.6 is 11.8 Å². The summed E-state index contributed by atoms with van der Waals surface area (Å²) in [6.07, 6.45) is 0. The summed E-state index contributed by atoms with van der Waals surface area (Å²) in [6.45, 7) is 0. The predicted molar refractivity (Wildman–Crippen MR) is 75.9 cm³/mol. The maximum absolute atomic E-state index is 12.5. The number of benzene rings is 1. The first-order chi connectivity index (χ1) is 9.18. The molecular weight excluding hydrogens is 283 g/mol. The molecular formula is C11H14B2FNO4S. The zero-order chi connectivity index (χ0) is 15.6. The third kappa shape index (κ3) is 3.22. The zero-order valence-electron chi connectivity index (χ0n) is 11.1. The second-order valence-corrected chi connectivity index (χ2v) is 5.00. The number of methoxy groups -OCH3 is 2. The van der Waals surface area contributed by atoms with Gasteiger partial charge in [-0.2, -0.15) is 0 Å². The molecule has 4 radical (unpaired) electrons. The number of rotatable bonds is 6. The van der Waals surface area contributed by atoms with E-state index >= 15 is 0 Å². The molecule has 1 aromatic rings. The van der Waals surface area contributed by atoms with Crippen LogP contribution in [-0.2, 0) is 5.50 Å². The summed E-state index contributed by atoms with van der Waals surface area (Å²) in [5.74, 6) is 0.317. The molecule has 9 heteroatoms. The van der Waals surface area contributed by atoms with Crippen LogP contribution in [0.2, 0.25) is 0 Å². The molecule has 2 atom stereocenters. The van der Waals surface area contributed by atoms with Crippen LogP contribution in [0.4, 0.5) is 4.39 Å². The third-order valence-corrected chi connectivity index (χ3v) is 3.46. The molecule has 0 aliphatic rings. The maximum atomic E-state index is 12.5. The zero-order valence-corrected chi connectivity index (χ0v) is 11.9. The van der Waals surface area contributed by atoms with Crippen LogP contribution in [0.5, 0.6) is 11.5 Å². The standard InChI is InChI=1S/C11H14B2FNO4S/c1-18-7-4-9(20-5-14)8(19-2)3-6(7)10(12,16)11(13,15)17/h3-4,16-17H,5,15H2,1-2H3. The van der Waals surface area contributed by atoms with Crippen molar-refractivity contribution in [3.8, 4) is 11.5 Å². The van der Waals surface area contributed by atoms with Crippen LogP contribution in [0.15, 0.2) is 17.0 Å². The quantitative estimate of drug-likeness (QED) is 0.383. The number of nitrogens with two attached hydrogens (primary N) is 1. The van der Waals surface area contributed by atoms with E-state index in [1.807, 2.05) is 0 Å². The van der Waals surface area contributed by atoms with E-state index in [-0.39, 0.29) is 17.1 Å². The van der Waals surface area contributed by atoms with Crippen molar-refractivity contribution in [1.29, 1.82) is 0 Å². The van der Waals surface area contributed by atoms with E-state index in [9.17, 15) is 14.6 Å². The Morgan fingerprint density at radius 2 is 1.80 bits per heavy atom. The van der Waals surface area contributed by atoms with Crippen LogP contribution in [-0.4, -0.2) is 51.8 Å². The Labute approximate surface area is 123 Å². The highest BCUT2D eigenvalue weighted by molar-refractivity contribution is 7.99. The largest absolute Gasteiger partial charge is 0.496 e. The number of hydrogen-bond donors (Lipinski definition) is 3. The fraction of sp³-hybridized carbons (Fsp3) is 0.455. The molecule has 0 fully saturated rings. The average Bonchev–Trinajstić information content (AvgIpc) is 2.37. The topological polar surface area (TPSA) is 84.9 Å². The molecule has 0 bridgehead atoms. The van der Waals surface area contributed by atoms with Crippen molar-refractivity contribution >= 4 is 27.5 Å². The summed E-state index contributed by atoms with van der Waals surface area (Å²) in [4.78, 5) is 0.434. The molecule has 0 heterocycles. The van der Waals surface area contributed by atoms with Crippen molar-refractivity contribution in [2.75, 3.05) is 20.2 Å². The van der Waals surface area contributed by atoms with Crippen molar-refractivity contribution in [2.45, 2.75) is 16.0 Å². The van der Waals surface area contributed by atoms with Gasteiger partial charge in [-0.25, -0.2) is 4.39 Å². The number of hydrogen-bond acceptors (Lipinski definition) is 6. The second kappa shape index (κ2) is 6.26. The van der Waals surface area contributed by atoms with E-state index in [1.54, 1.807) is 0 Å². The molecule has 0 aliphatic carbocycles. The number of alkyl halides is 1. The average molecular weight is 297 g/mol. The number of thioether (sulfide) groups is 1. The first-order valence-electron chi connectivity index (χ1n) is 5.45. The van der Waals surface area contributed by atoms with Crippen molar-refractivity contribution < 1.29 is 24.1 Å². The molecule has 0 saturated heterocycles. The van der Waals surface area contributed by atoms with E-state index in [2.05, 4.69) is 0 Å². The van der Waals surface area contributed by atoms with Gasteiger partial charge in [0.15, 0.2) is 0 Å². The SMILES string of the molecule is [B]C(N)(O)C([B])(O)c1cc(OC)c(SCF)cc1OC. The van der Waals surface area contributed by atoms with Crippen molar-refractivity contribution in [3.05, 3.63) is 17.7 Å². The van der Waals surface area contributed by atoms with Gasteiger partial charge in [0, 0.05) is 5.56 Å². The highest BCUT2D eigenvalue weighted by atomic mass is 32.2. The number of aliphatic hydroxyl groups is 2. The Morgan fingerprint density at radius 3 is 2.20 bits per heavy atom. The molecule has 106 valence electrons. The van der Waals surface area contributed by atoms with Gasteiger partial charge in [-0.05, 0) is 12.1 Å². The molecule has 5 nitrogen and oxygen atoms in total. The molecule has 20 heavy (non-hydrogen) atoms. The third-order valence-electron chi connectivity index (χ3n) is 2.72. The van der Waals surface area contributed by atoms with Gasteiger partial charge in [0.1, 0.15) is 33.2 Å². The lowest BCUT2D eigenvalue weighted by Gasteiger charge is -2.38. The minimum absolute atomic E-state index is 0.0843. The Morgan fingerprint density at radius 1 is 1.25 bits per heavy atom. The summed E-state index contributed by atoms with van der Waals surface area (Å²) in [5, 5.41) is 19.7. The van der Waals surface area contributed by atoms with Gasteiger partial charge in [0.2, 0.25) is 0 Å². The first-order valence-corrected chi connectivity index (χ1v) is 6.44. The smallest absolute Gasteiger partial charge is 0.140 e. The van der Waals surface area contributed by atoms with E-state index in [0.717, 1.165) is 11.8 Å². The van der Waals surface area contributed by atoms with Crippen LogP contribution in [0.3, 0.4) is 0 Å². The Hall–Kier alpha value is -0.890. The summed E-state index contributed by atoms with van der Waals surface area (Å²) in [6, 6.07) is 2.01. The van der Waals surface area contributed by atoms with Gasteiger partial charge in [-0.1, -0.05) is 11.8 Å². The van der Waals surface area contributed by atoms with Crippen LogP contribution < -0.4 is 15.2 Å². The van der Waals surface area contributed by atoms with E-state index < -0.39 is 17.1 Å². The van der Waals surface area contributed by atoms with Crippen LogP contribution in [0.25, 0.3) is 0 Å². The summed E-state index contributed by atoms with van der Waals surface area (Å²) in [5.41, 5.74) is 0.0571. The molecule has 0 spiro atoms. The molecule has 1 aromatic carbocycles. The molecule has 0 aliphatic heterocycles. The van der Waals surface area contributed by atoms with E-state index in [0.29, 0.717) is 4.90 Å². The monoisotopic (exact) mass is 297 g/mol. The fourth-order valence-electron chi connectivity index (χ4n) is 1.55. The predicted octanol–water partition coefficient (Wildman–Crippen LogP) is -0.190. The Kier molecular flexibility index (Phi) is 5.37. The summed E-state index contributed by atoms with van der Waals surface area (Å²) < 4.78 is 22.6. The van der Waals surface area contributed by atoms with Crippen LogP contribution in [0, 0.1) is 0 Å². The molecule has 0 amide bonds. The van der Waals surface area contributed by atoms with Gasteiger partial charge in [-0.3, -0.25) is 0 Å². The molecule has 1 rings (SSSR count). The molecule has 2 unspecified atom stereocenters. The summed E-state index contributed by atoms with van der Waals surface area (Å²) in [7, 11) is 13.5. The second-order valence-electron chi connectivity index (χ2n) is 4.05. The maximum Gasteiger partial charge on any atom is 0.140 e. The Bertz CT molecular complexity index is 482. The van der Waals surface area contributed by atoms with Gasteiger partial charge < -0.3 is 25.4 Å². The lowest BCUT2D eigenvalue weighted by Crippen LogP contribution is -2.59. The highest BCUT2D eigenvalue weighted by Gasteiger charge is 2.41. The van der Waals surface area contributed by atoms with Crippen molar-refractivity contribution in [2.24, 2.45) is 5.73 Å². The van der Waals surface area contributed by atoms with E-state index in [1.165, 1.54) is 26.4 Å². The minimum atomic E-state index is -2.61. The number of halogens is 1. The minimum Gasteiger partial charge on any atom is -0.496 e. The lowest BCUT2D eigenvalue weighted by molar-refractivity contribution is -0.0460. The Balaban J connectivity index is 3.47. The highest BCUT2D eigenvalue weighted by Crippen LogP contribution is 2.40. The van der Waals surface area contributed by atoms with Gasteiger partial charge >= 0.3 is 0 Å². The molecule has 0 aromatic heterocycles. The van der Waals surface area contributed by atoms with Gasteiger partial charge in [-0.15, -0.1) is 0 Å². The van der Waals surface area contributed by atoms with Gasteiger partial charge in [0.25, 0.3) is 0 Å².